The number of nitrogens with one attached hydrogen (secondary N) is 3. The van der Waals surface area contributed by atoms with Crippen LogP contribution in [-0.2, 0) is 11.2 Å². The van der Waals surface area contributed by atoms with Crippen LogP contribution in [0.1, 0.15) is 34.9 Å². The largest absolute Gasteiger partial charge is 0.361 e. The van der Waals surface area contributed by atoms with Crippen molar-refractivity contribution in [3.63, 3.8) is 0 Å². The first kappa shape index (κ1) is 18.0. The monoisotopic (exact) mass is 355 g/mol. The SMILES string of the molecule is CN=C(NCCc1c(C)noc1C)NCC1CC(=O)Nc2ccccc21. The molecule has 0 fully saturated rings. The van der Waals surface area contributed by atoms with Crippen LogP contribution >= 0.6 is 0 Å². The minimum atomic E-state index is 0.0526. The van der Waals surface area contributed by atoms with Gasteiger partial charge in [-0.3, -0.25) is 9.79 Å². The van der Waals surface area contributed by atoms with E-state index in [0.29, 0.717) is 13.0 Å². The number of aromatic nitrogens is 1. The molecule has 0 bridgehead atoms. The van der Waals surface area contributed by atoms with Gasteiger partial charge in [-0.2, -0.15) is 0 Å². The van der Waals surface area contributed by atoms with Crippen molar-refractivity contribution < 1.29 is 9.32 Å². The van der Waals surface area contributed by atoms with Crippen LogP contribution in [0.4, 0.5) is 5.69 Å². The lowest BCUT2D eigenvalue weighted by Crippen LogP contribution is -2.41. The van der Waals surface area contributed by atoms with Gasteiger partial charge in [-0.1, -0.05) is 23.4 Å². The third kappa shape index (κ3) is 4.04. The van der Waals surface area contributed by atoms with E-state index in [1.165, 1.54) is 0 Å². The number of fused-ring (bicyclic) bond motifs is 1. The number of para-hydroxylation sites is 1. The molecule has 0 spiro atoms. The number of aryl methyl sites for hydroxylation is 2. The van der Waals surface area contributed by atoms with E-state index in [1.807, 2.05) is 32.0 Å². The molecular formula is C19H25N5O2. The second-order valence-corrected chi connectivity index (χ2v) is 6.47. The summed E-state index contributed by atoms with van der Waals surface area (Å²) >= 11 is 0. The van der Waals surface area contributed by atoms with Crippen LogP contribution in [-0.4, -0.2) is 37.2 Å². The molecule has 3 N–H and O–H groups in total. The van der Waals surface area contributed by atoms with E-state index < -0.39 is 0 Å². The Hall–Kier alpha value is -2.83. The van der Waals surface area contributed by atoms with Crippen molar-refractivity contribution in [1.29, 1.82) is 0 Å². The van der Waals surface area contributed by atoms with Crippen LogP contribution in [0.3, 0.4) is 0 Å². The number of hydrogen-bond donors (Lipinski definition) is 3. The third-order valence-corrected chi connectivity index (χ3v) is 4.69. The number of rotatable bonds is 5. The van der Waals surface area contributed by atoms with Gasteiger partial charge in [-0.05, 0) is 31.9 Å². The molecule has 1 aromatic heterocycles. The number of anilines is 1. The van der Waals surface area contributed by atoms with Crippen molar-refractivity contribution in [3.05, 3.63) is 46.8 Å². The molecule has 3 rings (SSSR count). The molecule has 1 atom stereocenters. The molecule has 26 heavy (non-hydrogen) atoms. The van der Waals surface area contributed by atoms with Gasteiger partial charge < -0.3 is 20.5 Å². The average Bonchev–Trinajstić information content (AvgIpc) is 2.96. The van der Waals surface area contributed by atoms with Crippen LogP contribution in [0.5, 0.6) is 0 Å². The molecule has 7 nitrogen and oxygen atoms in total. The summed E-state index contributed by atoms with van der Waals surface area (Å²) in [6, 6.07) is 7.94. The summed E-state index contributed by atoms with van der Waals surface area (Å²) in [5.41, 5.74) is 4.12. The van der Waals surface area contributed by atoms with Crippen LogP contribution in [0.15, 0.2) is 33.8 Å². The molecule has 1 aromatic carbocycles. The van der Waals surface area contributed by atoms with Crippen molar-refractivity contribution >= 4 is 17.6 Å². The Morgan fingerprint density at radius 3 is 2.88 bits per heavy atom. The number of guanidine groups is 1. The molecule has 1 aliphatic heterocycles. The molecule has 0 aliphatic carbocycles. The van der Waals surface area contributed by atoms with Crippen LogP contribution in [0, 0.1) is 13.8 Å². The highest BCUT2D eigenvalue weighted by Crippen LogP contribution is 2.31. The fourth-order valence-electron chi connectivity index (χ4n) is 3.29. The Balaban J connectivity index is 1.54. The van der Waals surface area contributed by atoms with Gasteiger partial charge in [0.05, 0.1) is 5.69 Å². The summed E-state index contributed by atoms with van der Waals surface area (Å²) in [7, 11) is 1.74. The van der Waals surface area contributed by atoms with Gasteiger partial charge in [0.15, 0.2) is 5.96 Å². The predicted octanol–water partition coefficient (Wildman–Crippen LogP) is 2.12. The Kier molecular flexibility index (Phi) is 5.55. The number of carbonyl (C=O) groups excluding carboxylic acids is 1. The van der Waals surface area contributed by atoms with Crippen LogP contribution in [0.2, 0.25) is 0 Å². The highest BCUT2D eigenvalue weighted by Gasteiger charge is 2.24. The zero-order valence-corrected chi connectivity index (χ0v) is 15.4. The minimum Gasteiger partial charge on any atom is -0.361 e. The smallest absolute Gasteiger partial charge is 0.225 e. The molecule has 2 aromatic rings. The maximum Gasteiger partial charge on any atom is 0.225 e. The Morgan fingerprint density at radius 1 is 1.35 bits per heavy atom. The van der Waals surface area contributed by atoms with Crippen LogP contribution in [0.25, 0.3) is 0 Å². The molecule has 2 heterocycles. The van der Waals surface area contributed by atoms with Gasteiger partial charge in [-0.25, -0.2) is 0 Å². The number of nitrogens with zero attached hydrogens (tertiary/aromatic N) is 2. The van der Waals surface area contributed by atoms with E-state index in [1.54, 1.807) is 7.05 Å². The van der Waals surface area contributed by atoms with Gasteiger partial charge >= 0.3 is 0 Å². The van der Waals surface area contributed by atoms with Crippen molar-refractivity contribution in [2.45, 2.75) is 32.6 Å². The van der Waals surface area contributed by atoms with E-state index in [9.17, 15) is 4.79 Å². The molecule has 1 aliphatic rings. The maximum absolute atomic E-state index is 11.9. The fraction of sp³-hybridized carbons (Fsp3) is 0.421. The quantitative estimate of drug-likeness (QED) is 0.564. The minimum absolute atomic E-state index is 0.0526. The second kappa shape index (κ2) is 8.03. The summed E-state index contributed by atoms with van der Waals surface area (Å²) < 4.78 is 5.19. The molecular weight excluding hydrogens is 330 g/mol. The maximum atomic E-state index is 11.9. The van der Waals surface area contributed by atoms with E-state index in [4.69, 9.17) is 4.52 Å². The number of carbonyl (C=O) groups is 1. The molecule has 0 saturated carbocycles. The Labute approximate surface area is 153 Å². The summed E-state index contributed by atoms with van der Waals surface area (Å²) in [6.07, 6.45) is 1.29. The van der Waals surface area contributed by atoms with Gasteiger partial charge in [0.1, 0.15) is 5.76 Å². The number of aliphatic imine (C=N–C) groups is 1. The molecule has 7 heteroatoms. The van der Waals surface area contributed by atoms with Crippen molar-refractivity contribution in [2.75, 3.05) is 25.5 Å². The van der Waals surface area contributed by atoms with Gasteiger partial charge in [0.25, 0.3) is 0 Å². The molecule has 1 amide bonds. The Bertz CT molecular complexity index is 793. The highest BCUT2D eigenvalue weighted by molar-refractivity contribution is 5.94. The predicted molar refractivity (Wildman–Crippen MR) is 101 cm³/mol. The van der Waals surface area contributed by atoms with Crippen molar-refractivity contribution in [1.82, 2.24) is 15.8 Å². The zero-order valence-electron chi connectivity index (χ0n) is 15.4. The normalized spacial score (nSPS) is 16.8. The summed E-state index contributed by atoms with van der Waals surface area (Å²) in [5, 5.41) is 13.5. The number of hydrogen-bond acceptors (Lipinski definition) is 4. The number of amides is 1. The van der Waals surface area contributed by atoms with Crippen molar-refractivity contribution in [3.8, 4) is 0 Å². The average molecular weight is 355 g/mol. The zero-order chi connectivity index (χ0) is 18.5. The van der Waals surface area contributed by atoms with Gasteiger partial charge in [-0.15, -0.1) is 0 Å². The summed E-state index contributed by atoms with van der Waals surface area (Å²) in [4.78, 5) is 16.2. The topological polar surface area (TPSA) is 91.6 Å². The molecule has 0 radical (unpaired) electrons. The van der Waals surface area contributed by atoms with E-state index >= 15 is 0 Å². The standard InChI is InChI=1S/C19H25N5O2/c1-12-15(13(2)26-24-12)8-9-21-19(20-3)22-11-14-10-18(25)23-17-7-5-4-6-16(14)17/h4-7,14H,8-11H2,1-3H3,(H,23,25)(H2,20,21,22). The third-order valence-electron chi connectivity index (χ3n) is 4.69. The highest BCUT2D eigenvalue weighted by atomic mass is 16.5. The van der Waals surface area contributed by atoms with E-state index in [0.717, 1.165) is 47.2 Å². The number of benzene rings is 1. The lowest BCUT2D eigenvalue weighted by molar-refractivity contribution is -0.116. The lowest BCUT2D eigenvalue weighted by atomic mass is 9.90. The molecule has 1 unspecified atom stereocenters. The first-order chi connectivity index (χ1) is 12.6. The van der Waals surface area contributed by atoms with Crippen molar-refractivity contribution in [2.24, 2.45) is 4.99 Å². The Morgan fingerprint density at radius 2 is 2.15 bits per heavy atom. The van der Waals surface area contributed by atoms with Gasteiger partial charge in [0.2, 0.25) is 5.91 Å². The van der Waals surface area contributed by atoms with Gasteiger partial charge in [0, 0.05) is 43.7 Å². The molecule has 138 valence electrons. The summed E-state index contributed by atoms with van der Waals surface area (Å²) in [5.74, 6) is 1.76. The molecule has 0 saturated heterocycles. The second-order valence-electron chi connectivity index (χ2n) is 6.47. The van der Waals surface area contributed by atoms with E-state index in [-0.39, 0.29) is 11.8 Å². The van der Waals surface area contributed by atoms with E-state index in [2.05, 4.69) is 32.2 Å². The summed E-state index contributed by atoms with van der Waals surface area (Å²) in [6.45, 7) is 5.25. The first-order valence-corrected chi connectivity index (χ1v) is 8.83. The first-order valence-electron chi connectivity index (χ1n) is 8.83. The lowest BCUT2D eigenvalue weighted by Gasteiger charge is -2.26. The van der Waals surface area contributed by atoms with Crippen LogP contribution < -0.4 is 16.0 Å². The fourth-order valence-corrected chi connectivity index (χ4v) is 3.29.